The summed E-state index contributed by atoms with van der Waals surface area (Å²) in [5, 5.41) is 26.3. The fourth-order valence-electron chi connectivity index (χ4n) is 6.24. The molecule has 0 aromatic carbocycles. The van der Waals surface area contributed by atoms with Gasteiger partial charge in [0.05, 0.1) is 59.5 Å². The summed E-state index contributed by atoms with van der Waals surface area (Å²) in [7, 11) is 0. The van der Waals surface area contributed by atoms with E-state index < -0.39 is 42.0 Å². The fraction of sp³-hybridized carbons (Fsp3) is 0.829. The number of ether oxygens (including phenoxy) is 6. The van der Waals surface area contributed by atoms with Gasteiger partial charge in [0.2, 0.25) is 24.0 Å². The molecule has 19 nitrogen and oxygen atoms in total. The molecule has 3 amide bonds. The summed E-state index contributed by atoms with van der Waals surface area (Å²) in [5.74, 6) is -6.08. The van der Waals surface area contributed by atoms with Gasteiger partial charge < -0.3 is 49.3 Å². The van der Waals surface area contributed by atoms with Gasteiger partial charge in [0.1, 0.15) is 37.6 Å². The molecule has 1 rings (SSSR count). The highest BCUT2D eigenvalue weighted by Crippen LogP contribution is 2.20. The highest BCUT2D eigenvalue weighted by atomic mass is 16.5. The van der Waals surface area contributed by atoms with Crippen molar-refractivity contribution < 1.29 is 72.2 Å². The van der Waals surface area contributed by atoms with Gasteiger partial charge >= 0.3 is 11.9 Å². The molecule has 0 aromatic heterocycles. The maximum atomic E-state index is 13.4. The number of carboxylic acids is 2. The molecule has 1 saturated heterocycles. The van der Waals surface area contributed by atoms with Crippen molar-refractivity contribution in [1.82, 2.24) is 21.1 Å². The number of carbonyl (C=O) groups is 6. The Kier molecular flexibility index (Phi) is 34.8. The van der Waals surface area contributed by atoms with E-state index in [1.165, 1.54) is 25.7 Å². The molecular weight excluding hydrogens is 788 g/mol. The zero-order valence-corrected chi connectivity index (χ0v) is 35.4. The van der Waals surface area contributed by atoms with Gasteiger partial charge in [-0.15, -0.1) is 0 Å². The molecule has 0 spiro atoms. The number of carbonyl (C=O) groups excluding carboxylic acids is 5. The first-order valence-corrected chi connectivity index (χ1v) is 21.6. The van der Waals surface area contributed by atoms with Gasteiger partial charge in [-0.1, -0.05) is 77.0 Å². The Morgan fingerprint density at radius 3 is 1.42 bits per heavy atom. The van der Waals surface area contributed by atoms with E-state index in [1.807, 2.05) is 0 Å². The first-order chi connectivity index (χ1) is 29.2. The summed E-state index contributed by atoms with van der Waals surface area (Å²) in [6.07, 6.45) is 15.0. The van der Waals surface area contributed by atoms with Crippen LogP contribution in [0, 0.1) is 5.92 Å². The molecule has 60 heavy (non-hydrogen) atoms. The average Bonchev–Trinajstić information content (AvgIpc) is 3.22. The van der Waals surface area contributed by atoms with Crippen LogP contribution in [0.3, 0.4) is 0 Å². The van der Waals surface area contributed by atoms with E-state index in [-0.39, 0.29) is 104 Å². The first-order valence-electron chi connectivity index (χ1n) is 21.6. The number of nitrogens with zero attached hydrogens (tertiary/aromatic N) is 1. The van der Waals surface area contributed by atoms with Gasteiger partial charge in [0.25, 0.3) is 0 Å². The first kappa shape index (κ1) is 54.4. The standard InChI is InChI=1S/C41H71N4O15/c46-20-24-58-26-25-55-21-17-42-37(48)32-59-29-27-56-22-18-43-38(49)33-60-30-28-57-23-19-44-45-35(41(53)54)31-34(40(51)52)36(47)15-13-11-9-7-5-3-1-2-4-6-8-10-12-14-16-39(45)50/h34-35,44H,1-19,21-33H2,(H,42,48)(H,43,49)(H,51,52)(H,53,54)/t34?,35-/m0/s1. The lowest BCUT2D eigenvalue weighted by Gasteiger charge is -2.31. The fourth-order valence-corrected chi connectivity index (χ4v) is 6.24. The Morgan fingerprint density at radius 2 is 0.967 bits per heavy atom. The lowest BCUT2D eigenvalue weighted by Crippen LogP contribution is -2.55. The van der Waals surface area contributed by atoms with Crippen molar-refractivity contribution in [2.75, 3.05) is 98.9 Å². The van der Waals surface area contributed by atoms with Crippen LogP contribution in [-0.4, -0.2) is 162 Å². The number of aliphatic carboxylic acids is 2. The summed E-state index contributed by atoms with van der Waals surface area (Å²) >= 11 is 0. The number of hydrogen-bond donors (Lipinski definition) is 5. The second kappa shape index (κ2) is 38.3. The second-order valence-electron chi connectivity index (χ2n) is 14.4. The van der Waals surface area contributed by atoms with Gasteiger partial charge in [0, 0.05) is 38.9 Å². The Bertz CT molecular complexity index is 1190. The largest absolute Gasteiger partial charge is 0.481 e. The molecule has 1 aliphatic heterocycles. The molecule has 0 bridgehead atoms. The minimum Gasteiger partial charge on any atom is -0.481 e. The van der Waals surface area contributed by atoms with Crippen LogP contribution in [0.25, 0.3) is 0 Å². The third kappa shape index (κ3) is 30.4. The van der Waals surface area contributed by atoms with Crippen molar-refractivity contribution >= 4 is 41.7 Å². The van der Waals surface area contributed by atoms with Crippen molar-refractivity contribution in [2.24, 2.45) is 5.92 Å². The number of carboxylic acid groups (broad SMARTS) is 2. The van der Waals surface area contributed by atoms with Gasteiger partial charge in [-0.2, -0.15) is 0 Å². The predicted octanol–water partition coefficient (Wildman–Crippen LogP) is 2.13. The van der Waals surface area contributed by atoms with Crippen molar-refractivity contribution in [3.05, 3.63) is 0 Å². The molecule has 1 aliphatic rings. The van der Waals surface area contributed by atoms with Crippen LogP contribution < -0.4 is 16.1 Å². The topological polar surface area (TPSA) is 255 Å². The molecule has 1 heterocycles. The Morgan fingerprint density at radius 1 is 0.550 bits per heavy atom. The minimum absolute atomic E-state index is 0.0246. The Labute approximate surface area is 354 Å². The van der Waals surface area contributed by atoms with E-state index in [1.54, 1.807) is 6.29 Å². The molecule has 2 atom stereocenters. The van der Waals surface area contributed by atoms with Gasteiger partial charge in [-0.05, 0) is 12.8 Å². The number of rotatable bonds is 27. The SMILES string of the molecule is O=[C]COCCOCCNC(=O)COCCOCCNC(=O)COCCOCCNN1C(=O)CCCCCCCCCCCCCCCCC(=O)C(C(=O)O)C[C@H]1C(=O)O. The van der Waals surface area contributed by atoms with Gasteiger partial charge in [-0.25, -0.2) is 10.2 Å². The van der Waals surface area contributed by atoms with Crippen LogP contribution in [0.1, 0.15) is 109 Å². The van der Waals surface area contributed by atoms with Crippen LogP contribution >= 0.6 is 0 Å². The number of ketones is 1. The maximum absolute atomic E-state index is 13.4. The summed E-state index contributed by atoms with van der Waals surface area (Å²) < 4.78 is 31.6. The minimum atomic E-state index is -1.58. The van der Waals surface area contributed by atoms with Crippen LogP contribution in [0.15, 0.2) is 0 Å². The zero-order chi connectivity index (χ0) is 43.9. The molecule has 0 saturated carbocycles. The highest BCUT2D eigenvalue weighted by molar-refractivity contribution is 5.99. The molecule has 345 valence electrons. The molecule has 1 radical (unpaired) electrons. The highest BCUT2D eigenvalue weighted by Gasteiger charge is 2.37. The lowest BCUT2D eigenvalue weighted by atomic mass is 9.91. The molecule has 19 heteroatoms. The summed E-state index contributed by atoms with van der Waals surface area (Å²) in [5.41, 5.74) is 2.82. The molecule has 1 fully saturated rings. The molecule has 0 aliphatic carbocycles. The maximum Gasteiger partial charge on any atom is 0.328 e. The number of amides is 3. The van der Waals surface area contributed by atoms with Crippen molar-refractivity contribution in [3.63, 3.8) is 0 Å². The molecule has 1 unspecified atom stereocenters. The van der Waals surface area contributed by atoms with Crippen LogP contribution in [0.5, 0.6) is 0 Å². The smallest absolute Gasteiger partial charge is 0.328 e. The van der Waals surface area contributed by atoms with Crippen LogP contribution in [0.4, 0.5) is 0 Å². The monoisotopic (exact) mass is 859 g/mol. The molecule has 5 N–H and O–H groups in total. The zero-order valence-electron chi connectivity index (χ0n) is 35.4. The number of hydrogen-bond acceptors (Lipinski definition) is 14. The van der Waals surface area contributed by atoms with Gasteiger partial charge in [0.15, 0.2) is 0 Å². The quantitative estimate of drug-likeness (QED) is 0.0586. The molecule has 0 aromatic rings. The lowest BCUT2D eigenvalue weighted by molar-refractivity contribution is -0.157. The summed E-state index contributed by atoms with van der Waals surface area (Å²) in [4.78, 5) is 84.8. The van der Waals surface area contributed by atoms with E-state index in [2.05, 4.69) is 16.1 Å². The molecular formula is C41H71N4O15. The van der Waals surface area contributed by atoms with Crippen LogP contribution in [0.2, 0.25) is 0 Å². The average molecular weight is 860 g/mol. The predicted molar refractivity (Wildman–Crippen MR) is 218 cm³/mol. The van der Waals surface area contributed by atoms with E-state index in [4.69, 9.17) is 28.4 Å². The second-order valence-corrected chi connectivity index (χ2v) is 14.4. The number of nitrogens with one attached hydrogen (secondary N) is 3. The summed E-state index contributed by atoms with van der Waals surface area (Å²) in [6.45, 7) is 1.81. The van der Waals surface area contributed by atoms with E-state index in [0.29, 0.717) is 32.6 Å². The number of Topliss-reactive ketones (excluding diaryl/α,β-unsaturated/α-hetero) is 1. The van der Waals surface area contributed by atoms with Crippen molar-refractivity contribution in [3.8, 4) is 0 Å². The summed E-state index contributed by atoms with van der Waals surface area (Å²) in [6, 6.07) is -1.58. The van der Waals surface area contributed by atoms with Crippen molar-refractivity contribution in [1.29, 1.82) is 0 Å². The van der Waals surface area contributed by atoms with E-state index in [9.17, 15) is 43.8 Å². The van der Waals surface area contributed by atoms with Gasteiger partial charge in [-0.3, -0.25) is 33.8 Å². The third-order valence-electron chi connectivity index (χ3n) is 9.48. The normalized spacial score (nSPS) is 18.5. The Hall–Kier alpha value is -3.59. The van der Waals surface area contributed by atoms with Crippen molar-refractivity contribution in [2.45, 2.75) is 115 Å². The number of hydrazine groups is 1. The van der Waals surface area contributed by atoms with E-state index >= 15 is 0 Å². The van der Waals surface area contributed by atoms with Crippen LogP contribution in [-0.2, 0) is 62.0 Å². The van der Waals surface area contributed by atoms with E-state index in [0.717, 1.165) is 56.4 Å². The third-order valence-corrected chi connectivity index (χ3v) is 9.48. The Balaban J connectivity index is 2.37.